The molecular weight excluding hydrogens is 417 g/mol. The molecule has 0 aliphatic rings. The van der Waals surface area contributed by atoms with Crippen LogP contribution in [0.4, 0.5) is 0 Å². The van der Waals surface area contributed by atoms with Crippen LogP contribution in [0.1, 0.15) is 118 Å². The largest absolute Gasteiger partial charge is 3.00 e. The Balaban J connectivity index is 0. The smallest absolute Gasteiger partial charge is 0.0654 e. The molecule has 0 saturated carbocycles. The molecule has 0 aromatic heterocycles. The van der Waals surface area contributed by atoms with Crippen molar-refractivity contribution in [1.29, 1.82) is 0 Å². The van der Waals surface area contributed by atoms with Gasteiger partial charge in [0.15, 0.2) is 0 Å². The van der Waals surface area contributed by atoms with E-state index in [4.69, 9.17) is 0 Å². The minimum atomic E-state index is -0.612. The second kappa shape index (κ2) is 20.6. The van der Waals surface area contributed by atoms with Crippen molar-refractivity contribution in [2.24, 2.45) is 0 Å². The molecule has 142 valence electrons. The third-order valence-corrected chi connectivity index (χ3v) is 10.5. The van der Waals surface area contributed by atoms with Gasteiger partial charge in [0.25, 0.3) is 0 Å². The molecular formula is C22H48PSb+4. The summed E-state index contributed by atoms with van der Waals surface area (Å²) in [4.78, 5) is 0. The monoisotopic (exact) mass is 464 g/mol. The van der Waals surface area contributed by atoms with E-state index in [1.54, 1.807) is 31.1 Å². The van der Waals surface area contributed by atoms with E-state index in [1.165, 1.54) is 83.5 Å². The normalized spacial score (nSPS) is 11.5. The van der Waals surface area contributed by atoms with Gasteiger partial charge in [-0.15, -0.1) is 0 Å². The summed E-state index contributed by atoms with van der Waals surface area (Å²) in [6.45, 7) is 9.45. The minimum Gasteiger partial charge on any atom is -0.0654 e. The third kappa shape index (κ3) is 15.5. The summed E-state index contributed by atoms with van der Waals surface area (Å²) < 4.78 is 0. The van der Waals surface area contributed by atoms with Crippen molar-refractivity contribution in [3.05, 3.63) is 0 Å². The number of hydrogen-bond donors (Lipinski definition) is 0. The van der Waals surface area contributed by atoms with Crippen molar-refractivity contribution >= 4 is 31.7 Å². The van der Waals surface area contributed by atoms with Crippen LogP contribution in [0.5, 0.6) is 0 Å². The maximum Gasteiger partial charge on any atom is 3.00 e. The van der Waals surface area contributed by atoms with Crippen molar-refractivity contribution in [1.82, 2.24) is 0 Å². The SMILES string of the molecule is CCCCCCCCCC[P+](CCCC)(CCCC)CCCC.[Sb+3]. The first-order valence-electron chi connectivity index (χ1n) is 11.1. The molecule has 0 amide bonds. The zero-order valence-corrected chi connectivity index (χ0v) is 21.1. The summed E-state index contributed by atoms with van der Waals surface area (Å²) in [5.74, 6) is 0. The Kier molecular flexibility index (Phi) is 23.5. The van der Waals surface area contributed by atoms with Gasteiger partial charge in [-0.1, -0.05) is 85.5 Å². The molecule has 0 N–H and O–H groups in total. The minimum absolute atomic E-state index is 0. The summed E-state index contributed by atoms with van der Waals surface area (Å²) in [7, 11) is -0.612. The molecule has 2 heteroatoms. The van der Waals surface area contributed by atoms with Gasteiger partial charge in [0.2, 0.25) is 0 Å². The van der Waals surface area contributed by atoms with E-state index in [1.807, 2.05) is 0 Å². The number of unbranched alkanes of at least 4 members (excludes halogenated alkanes) is 10. The zero-order valence-electron chi connectivity index (χ0n) is 17.6. The fourth-order valence-corrected chi connectivity index (χ4v) is 8.93. The van der Waals surface area contributed by atoms with Gasteiger partial charge >= 0.3 is 24.4 Å². The predicted molar refractivity (Wildman–Crippen MR) is 119 cm³/mol. The summed E-state index contributed by atoms with van der Waals surface area (Å²) in [5, 5.41) is 0. The van der Waals surface area contributed by atoms with Crippen LogP contribution in [-0.2, 0) is 0 Å². The van der Waals surface area contributed by atoms with Gasteiger partial charge in [-0.3, -0.25) is 0 Å². The van der Waals surface area contributed by atoms with Gasteiger partial charge in [0.1, 0.15) is 0 Å². The first kappa shape index (κ1) is 27.5. The Morgan fingerprint density at radius 1 is 0.375 bits per heavy atom. The Labute approximate surface area is 173 Å². The van der Waals surface area contributed by atoms with E-state index in [0.29, 0.717) is 0 Å². The van der Waals surface area contributed by atoms with Crippen molar-refractivity contribution < 1.29 is 0 Å². The average Bonchev–Trinajstić information content (AvgIpc) is 2.58. The van der Waals surface area contributed by atoms with Gasteiger partial charge in [0, 0.05) is 7.26 Å². The molecule has 0 saturated heterocycles. The van der Waals surface area contributed by atoms with Crippen LogP contribution >= 0.6 is 7.26 Å². The fourth-order valence-electron chi connectivity index (χ4n) is 3.73. The number of rotatable bonds is 18. The van der Waals surface area contributed by atoms with E-state index in [2.05, 4.69) is 27.7 Å². The Bertz CT molecular complexity index is 208. The van der Waals surface area contributed by atoms with E-state index in [0.717, 1.165) is 0 Å². The maximum absolute atomic E-state index is 2.38. The van der Waals surface area contributed by atoms with Crippen LogP contribution in [-0.4, -0.2) is 49.1 Å². The molecule has 0 spiro atoms. The van der Waals surface area contributed by atoms with E-state index >= 15 is 0 Å². The molecule has 0 atom stereocenters. The first-order chi connectivity index (χ1) is 11.2. The Morgan fingerprint density at radius 3 is 1.04 bits per heavy atom. The van der Waals surface area contributed by atoms with Gasteiger partial charge in [-0.05, 0) is 32.1 Å². The summed E-state index contributed by atoms with van der Waals surface area (Å²) in [6, 6.07) is 0. The van der Waals surface area contributed by atoms with Gasteiger partial charge in [-0.25, -0.2) is 0 Å². The molecule has 0 aliphatic carbocycles. The molecule has 24 heavy (non-hydrogen) atoms. The molecule has 0 aliphatic heterocycles. The molecule has 2 radical (unpaired) electrons. The molecule has 0 aromatic rings. The Hall–Kier alpha value is 1.25. The van der Waals surface area contributed by atoms with Crippen LogP contribution in [0.15, 0.2) is 0 Å². The Morgan fingerprint density at radius 2 is 0.667 bits per heavy atom. The standard InChI is InChI=1S/C22H48P.Sb/c1-5-9-13-14-15-16-17-18-22-23(19-10-6-2,20-11-7-3)21-12-8-4;/h5-22H2,1-4H3;/q+1;+3. The second-order valence-corrected chi connectivity index (χ2v) is 12.2. The summed E-state index contributed by atoms with van der Waals surface area (Å²) >= 11 is 0. The van der Waals surface area contributed by atoms with Crippen LogP contribution in [0.2, 0.25) is 0 Å². The topological polar surface area (TPSA) is 0 Å². The van der Waals surface area contributed by atoms with Crippen LogP contribution in [0.3, 0.4) is 0 Å². The van der Waals surface area contributed by atoms with Crippen molar-refractivity contribution in [2.45, 2.75) is 118 Å². The van der Waals surface area contributed by atoms with Gasteiger partial charge < -0.3 is 0 Å². The molecule has 0 nitrogen and oxygen atoms in total. The third-order valence-electron chi connectivity index (χ3n) is 5.44. The number of hydrogen-bond acceptors (Lipinski definition) is 0. The fraction of sp³-hybridized carbons (Fsp3) is 1.00. The predicted octanol–water partition coefficient (Wildman–Crippen LogP) is 8.16. The van der Waals surface area contributed by atoms with E-state index in [9.17, 15) is 0 Å². The van der Waals surface area contributed by atoms with E-state index in [-0.39, 0.29) is 24.4 Å². The van der Waals surface area contributed by atoms with Gasteiger partial charge in [0.05, 0.1) is 24.6 Å². The summed E-state index contributed by atoms with van der Waals surface area (Å²) in [5.41, 5.74) is 0. The van der Waals surface area contributed by atoms with Crippen LogP contribution in [0, 0.1) is 0 Å². The summed E-state index contributed by atoms with van der Waals surface area (Å²) in [6.07, 6.45) is 27.0. The average molecular weight is 465 g/mol. The van der Waals surface area contributed by atoms with Crippen molar-refractivity contribution in [3.63, 3.8) is 0 Å². The van der Waals surface area contributed by atoms with Crippen molar-refractivity contribution in [2.75, 3.05) is 24.6 Å². The molecule has 0 aromatic carbocycles. The molecule has 0 heterocycles. The maximum atomic E-state index is 2.38. The second-order valence-electron chi connectivity index (χ2n) is 7.77. The quantitative estimate of drug-likeness (QED) is 0.109. The molecule has 0 bridgehead atoms. The van der Waals surface area contributed by atoms with Crippen LogP contribution < -0.4 is 0 Å². The molecule has 0 rings (SSSR count). The van der Waals surface area contributed by atoms with E-state index < -0.39 is 7.26 Å². The molecule has 0 unspecified atom stereocenters. The van der Waals surface area contributed by atoms with Crippen LogP contribution in [0.25, 0.3) is 0 Å². The van der Waals surface area contributed by atoms with Crippen molar-refractivity contribution in [3.8, 4) is 0 Å². The zero-order chi connectivity index (χ0) is 17.2. The first-order valence-corrected chi connectivity index (χ1v) is 13.6. The van der Waals surface area contributed by atoms with Gasteiger partial charge in [-0.2, -0.15) is 0 Å². The molecule has 0 fully saturated rings.